The number of hydrogen-bond acceptors (Lipinski definition) is 6. The zero-order valence-corrected chi connectivity index (χ0v) is 13.5. The summed E-state index contributed by atoms with van der Waals surface area (Å²) >= 11 is 1.62. The second-order valence-electron chi connectivity index (χ2n) is 5.29. The molecule has 4 aromatic rings. The fourth-order valence-electron chi connectivity index (χ4n) is 2.50. The maximum absolute atomic E-state index is 10.5. The number of carbonyl (C=O) groups is 1. The summed E-state index contributed by atoms with van der Waals surface area (Å²) in [5.41, 5.74) is 3.32. The number of benzene rings is 2. The molecule has 2 aromatic carbocycles. The third kappa shape index (κ3) is 2.96. The molecule has 6 heteroatoms. The molecule has 0 aliphatic carbocycles. The summed E-state index contributed by atoms with van der Waals surface area (Å²) in [4.78, 5) is 15.1. The summed E-state index contributed by atoms with van der Waals surface area (Å²) in [6, 6.07) is 16.5. The van der Waals surface area contributed by atoms with Gasteiger partial charge in [-0.05, 0) is 23.3 Å². The van der Waals surface area contributed by atoms with Gasteiger partial charge in [-0.25, -0.2) is 4.98 Å². The Balaban J connectivity index is 1.62. The minimum Gasteiger partial charge on any atom is -0.424 e. The summed E-state index contributed by atoms with van der Waals surface area (Å²) in [6.45, 7) is 0. The van der Waals surface area contributed by atoms with Crippen molar-refractivity contribution >= 4 is 27.8 Å². The molecule has 5 nitrogen and oxygen atoms in total. The first-order valence-corrected chi connectivity index (χ1v) is 8.33. The highest BCUT2D eigenvalue weighted by Gasteiger charge is 2.11. The summed E-state index contributed by atoms with van der Waals surface area (Å²) in [5.74, 6) is 0.821. The zero-order valence-electron chi connectivity index (χ0n) is 12.7. The van der Waals surface area contributed by atoms with Gasteiger partial charge in [0.05, 0.1) is 23.1 Å². The van der Waals surface area contributed by atoms with E-state index in [2.05, 4.69) is 39.4 Å². The average molecular weight is 335 g/mol. The van der Waals surface area contributed by atoms with Crippen LogP contribution < -0.4 is 0 Å². The smallest absolute Gasteiger partial charge is 0.223 e. The number of nitrogens with zero attached hydrogens (tertiary/aromatic N) is 3. The number of fused-ring (bicyclic) bond motifs is 1. The molecule has 0 unspecified atom stereocenters. The van der Waals surface area contributed by atoms with Crippen molar-refractivity contribution in [3.05, 3.63) is 65.3 Å². The van der Waals surface area contributed by atoms with Gasteiger partial charge in [-0.2, -0.15) is 0 Å². The molecule has 0 spiro atoms. The molecule has 0 aliphatic heterocycles. The molecule has 0 fully saturated rings. The third-order valence-corrected chi connectivity index (χ3v) is 4.63. The monoisotopic (exact) mass is 335 g/mol. The van der Waals surface area contributed by atoms with Gasteiger partial charge >= 0.3 is 0 Å². The third-order valence-electron chi connectivity index (χ3n) is 3.61. The van der Waals surface area contributed by atoms with E-state index in [1.807, 2.05) is 24.3 Å². The largest absolute Gasteiger partial charge is 0.424 e. The van der Waals surface area contributed by atoms with E-state index in [0.717, 1.165) is 21.5 Å². The van der Waals surface area contributed by atoms with Crippen molar-refractivity contribution in [2.75, 3.05) is 0 Å². The highest BCUT2D eigenvalue weighted by Crippen LogP contribution is 2.29. The fraction of sp³-hybridized carbons (Fsp3) is 0.111. The van der Waals surface area contributed by atoms with Gasteiger partial charge in [-0.1, -0.05) is 36.4 Å². The van der Waals surface area contributed by atoms with Crippen molar-refractivity contribution in [2.45, 2.75) is 12.8 Å². The Hall–Kier alpha value is -2.86. The Morgan fingerprint density at radius 3 is 2.67 bits per heavy atom. The van der Waals surface area contributed by atoms with Gasteiger partial charge in [0.25, 0.3) is 0 Å². The number of hydrogen-bond donors (Lipinski definition) is 0. The fourth-order valence-corrected chi connectivity index (χ4v) is 3.50. The minimum atomic E-state index is 0.146. The van der Waals surface area contributed by atoms with Gasteiger partial charge in [0, 0.05) is 0 Å². The van der Waals surface area contributed by atoms with Crippen LogP contribution in [0.5, 0.6) is 0 Å². The SMILES string of the molecule is O=CCc1nnc(Cc2nc3ccc(-c4ccccc4)cc3s2)o1. The maximum atomic E-state index is 10.5. The van der Waals surface area contributed by atoms with Crippen LogP contribution in [0.4, 0.5) is 0 Å². The van der Waals surface area contributed by atoms with Crippen LogP contribution in [0.3, 0.4) is 0 Å². The van der Waals surface area contributed by atoms with Crippen molar-refractivity contribution < 1.29 is 9.21 Å². The lowest BCUT2D eigenvalue weighted by Gasteiger charge is -2.00. The summed E-state index contributed by atoms with van der Waals surface area (Å²) < 4.78 is 6.55. The molecule has 24 heavy (non-hydrogen) atoms. The van der Waals surface area contributed by atoms with Crippen LogP contribution in [0, 0.1) is 0 Å². The molecule has 0 aliphatic rings. The minimum absolute atomic E-state index is 0.146. The Bertz CT molecular complexity index is 992. The molecule has 0 bridgehead atoms. The zero-order chi connectivity index (χ0) is 16.4. The molecule has 0 saturated carbocycles. The molecule has 2 heterocycles. The van der Waals surface area contributed by atoms with Crippen LogP contribution >= 0.6 is 11.3 Å². The van der Waals surface area contributed by atoms with E-state index in [4.69, 9.17) is 4.42 Å². The van der Waals surface area contributed by atoms with Crippen molar-refractivity contribution in [2.24, 2.45) is 0 Å². The molecule has 0 radical (unpaired) electrons. The normalized spacial score (nSPS) is 11.0. The van der Waals surface area contributed by atoms with E-state index in [9.17, 15) is 4.79 Å². The molecule has 4 rings (SSSR count). The van der Waals surface area contributed by atoms with E-state index in [0.29, 0.717) is 18.2 Å². The first-order valence-electron chi connectivity index (χ1n) is 7.51. The van der Waals surface area contributed by atoms with E-state index in [1.165, 1.54) is 11.1 Å². The van der Waals surface area contributed by atoms with Crippen LogP contribution in [0.25, 0.3) is 21.3 Å². The average Bonchev–Trinajstić information content (AvgIpc) is 3.21. The number of rotatable bonds is 5. The lowest BCUT2D eigenvalue weighted by molar-refractivity contribution is -0.107. The standard InChI is InChI=1S/C18H13N3O2S/c22-9-8-16-20-21-17(23-16)11-18-19-14-7-6-13(10-15(14)24-18)12-4-2-1-3-5-12/h1-7,9-10H,8,11H2. The predicted molar refractivity (Wildman–Crippen MR) is 91.9 cm³/mol. The number of carbonyl (C=O) groups excluding carboxylic acids is 1. The van der Waals surface area contributed by atoms with Gasteiger partial charge in [-0.3, -0.25) is 0 Å². The van der Waals surface area contributed by atoms with Crippen LogP contribution in [-0.4, -0.2) is 21.5 Å². The van der Waals surface area contributed by atoms with Crippen molar-refractivity contribution in [1.29, 1.82) is 0 Å². The molecule has 0 amide bonds. The van der Waals surface area contributed by atoms with E-state index < -0.39 is 0 Å². The lowest BCUT2D eigenvalue weighted by Crippen LogP contribution is -1.86. The Kier molecular flexibility index (Phi) is 3.88. The van der Waals surface area contributed by atoms with Crippen molar-refractivity contribution in [3.8, 4) is 11.1 Å². The Labute approximate surface area is 142 Å². The first-order chi connectivity index (χ1) is 11.8. The van der Waals surface area contributed by atoms with Gasteiger partial charge in [-0.15, -0.1) is 21.5 Å². The van der Waals surface area contributed by atoms with E-state index in [1.54, 1.807) is 11.3 Å². The molecule has 118 valence electrons. The van der Waals surface area contributed by atoms with Crippen LogP contribution in [0.15, 0.2) is 52.9 Å². The lowest BCUT2D eigenvalue weighted by atomic mass is 10.1. The Morgan fingerprint density at radius 2 is 1.83 bits per heavy atom. The van der Waals surface area contributed by atoms with Gasteiger partial charge in [0.2, 0.25) is 11.8 Å². The number of aldehydes is 1. The topological polar surface area (TPSA) is 68.9 Å². The highest BCUT2D eigenvalue weighted by molar-refractivity contribution is 7.18. The van der Waals surface area contributed by atoms with Crippen molar-refractivity contribution in [1.82, 2.24) is 15.2 Å². The number of aromatic nitrogens is 3. The Morgan fingerprint density at radius 1 is 1.00 bits per heavy atom. The van der Waals surface area contributed by atoms with Crippen molar-refractivity contribution in [3.63, 3.8) is 0 Å². The van der Waals surface area contributed by atoms with Gasteiger partial charge < -0.3 is 9.21 Å². The molecule has 2 aromatic heterocycles. The number of thiazole rings is 1. The van der Waals surface area contributed by atoms with E-state index >= 15 is 0 Å². The predicted octanol–water partition coefficient (Wildman–Crippen LogP) is 3.68. The molecular formula is C18H13N3O2S. The highest BCUT2D eigenvalue weighted by atomic mass is 32.1. The summed E-state index contributed by atoms with van der Waals surface area (Å²) in [5, 5.41) is 8.71. The van der Waals surface area contributed by atoms with Gasteiger partial charge in [0.1, 0.15) is 11.3 Å². The second kappa shape index (κ2) is 6.33. The maximum Gasteiger partial charge on any atom is 0.223 e. The van der Waals surface area contributed by atoms with Gasteiger partial charge in [0.15, 0.2) is 0 Å². The summed E-state index contributed by atoms with van der Waals surface area (Å²) in [7, 11) is 0. The molecule has 0 N–H and O–H groups in total. The first kappa shape index (κ1) is 14.7. The summed E-state index contributed by atoms with van der Waals surface area (Å²) in [6.07, 6.45) is 1.37. The molecule has 0 atom stereocenters. The second-order valence-corrected chi connectivity index (χ2v) is 6.41. The molecular weight excluding hydrogens is 322 g/mol. The van der Waals surface area contributed by atoms with Crippen LogP contribution in [0.1, 0.15) is 16.8 Å². The van der Waals surface area contributed by atoms with Crippen LogP contribution in [0.2, 0.25) is 0 Å². The molecule has 0 saturated heterocycles. The quantitative estimate of drug-likeness (QED) is 0.520. The van der Waals surface area contributed by atoms with Crippen LogP contribution in [-0.2, 0) is 17.6 Å². The van der Waals surface area contributed by atoms with E-state index in [-0.39, 0.29) is 6.42 Å².